The zero-order chi connectivity index (χ0) is 19.3. The molecule has 1 N–H and O–H groups in total. The maximum absolute atomic E-state index is 12.2. The number of hydrogen-bond acceptors (Lipinski definition) is 4. The van der Waals surface area contributed by atoms with Crippen LogP contribution in [0.2, 0.25) is 0 Å². The van der Waals surface area contributed by atoms with Crippen LogP contribution in [-0.2, 0) is 11.3 Å². The summed E-state index contributed by atoms with van der Waals surface area (Å²) in [5.41, 5.74) is 3.57. The smallest absolute Gasteiger partial charge is 0.251 e. The van der Waals surface area contributed by atoms with Crippen molar-refractivity contribution in [3.8, 4) is 22.6 Å². The van der Waals surface area contributed by atoms with Crippen LogP contribution in [0.3, 0.4) is 0 Å². The zero-order valence-electron chi connectivity index (χ0n) is 16.1. The first-order valence-electron chi connectivity index (χ1n) is 9.73. The Balaban J connectivity index is 1.55. The largest absolute Gasteiger partial charge is 0.377 e. The van der Waals surface area contributed by atoms with Crippen molar-refractivity contribution >= 4 is 0 Å². The average molecular weight is 375 g/mol. The van der Waals surface area contributed by atoms with Crippen LogP contribution in [0.4, 0.5) is 0 Å². The van der Waals surface area contributed by atoms with Gasteiger partial charge in [0.15, 0.2) is 0 Å². The van der Waals surface area contributed by atoms with E-state index in [4.69, 9.17) is 4.74 Å². The number of likely N-dealkylation sites (N-methyl/N-ethyl adjacent to an activating group) is 1. The molecule has 1 atom stereocenters. The fourth-order valence-corrected chi connectivity index (χ4v) is 3.68. The van der Waals surface area contributed by atoms with Gasteiger partial charge in [0.25, 0.3) is 5.56 Å². The van der Waals surface area contributed by atoms with Crippen LogP contribution in [0.1, 0.15) is 18.4 Å². The molecule has 0 radical (unpaired) electrons. The van der Waals surface area contributed by atoms with Gasteiger partial charge in [0.05, 0.1) is 11.8 Å². The highest BCUT2D eigenvalue weighted by Gasteiger charge is 2.17. The topological polar surface area (TPSA) is 58.2 Å². The molecule has 2 heterocycles. The van der Waals surface area contributed by atoms with Gasteiger partial charge in [0, 0.05) is 36.9 Å². The van der Waals surface area contributed by atoms with Crippen LogP contribution in [0, 0.1) is 0 Å². The number of hydrogen-bond donors (Lipinski definition) is 1. The minimum atomic E-state index is -0.148. The molecule has 0 saturated carbocycles. The van der Waals surface area contributed by atoms with Gasteiger partial charge in [0.1, 0.15) is 5.82 Å². The van der Waals surface area contributed by atoms with Crippen molar-refractivity contribution in [1.82, 2.24) is 14.9 Å². The minimum absolute atomic E-state index is 0.148. The Morgan fingerprint density at radius 2 is 1.93 bits per heavy atom. The van der Waals surface area contributed by atoms with Crippen molar-refractivity contribution < 1.29 is 4.74 Å². The number of benzene rings is 2. The first-order chi connectivity index (χ1) is 13.7. The standard InChI is InChI=1S/C23H25N3O2/c1-26(16-20-11-6-12-28-20)15-17-7-5-10-19(13-17)23-24-21(14-22(27)25-23)18-8-3-2-4-9-18/h2-5,7-10,13-14,20H,6,11-12,15-16H2,1H3,(H,24,25,27). The molecular formula is C23H25N3O2. The molecule has 1 saturated heterocycles. The molecule has 0 aliphatic carbocycles. The highest BCUT2D eigenvalue weighted by atomic mass is 16.5. The summed E-state index contributed by atoms with van der Waals surface area (Å²) in [6.45, 7) is 2.64. The Bertz CT molecular complexity index is 978. The molecule has 5 heteroatoms. The van der Waals surface area contributed by atoms with E-state index in [1.54, 1.807) is 0 Å². The van der Waals surface area contributed by atoms with Crippen LogP contribution in [-0.4, -0.2) is 41.2 Å². The third-order valence-electron chi connectivity index (χ3n) is 5.00. The Morgan fingerprint density at radius 3 is 2.71 bits per heavy atom. The number of nitrogens with zero attached hydrogens (tertiary/aromatic N) is 2. The van der Waals surface area contributed by atoms with Gasteiger partial charge in [-0.2, -0.15) is 0 Å². The fraction of sp³-hybridized carbons (Fsp3) is 0.304. The van der Waals surface area contributed by atoms with E-state index in [-0.39, 0.29) is 5.56 Å². The van der Waals surface area contributed by atoms with Crippen molar-refractivity contribution in [2.75, 3.05) is 20.2 Å². The average Bonchev–Trinajstić information content (AvgIpc) is 3.21. The summed E-state index contributed by atoms with van der Waals surface area (Å²) in [6, 6.07) is 19.5. The maximum Gasteiger partial charge on any atom is 0.251 e. The summed E-state index contributed by atoms with van der Waals surface area (Å²) in [7, 11) is 2.12. The predicted molar refractivity (Wildman–Crippen MR) is 111 cm³/mol. The molecule has 5 nitrogen and oxygen atoms in total. The van der Waals surface area contributed by atoms with E-state index in [1.165, 1.54) is 11.6 Å². The molecule has 1 aliphatic rings. The number of aromatic amines is 1. The number of aromatic nitrogens is 2. The third kappa shape index (κ3) is 4.55. The van der Waals surface area contributed by atoms with Gasteiger partial charge in [0.2, 0.25) is 0 Å². The monoisotopic (exact) mass is 375 g/mol. The van der Waals surface area contributed by atoms with E-state index < -0.39 is 0 Å². The van der Waals surface area contributed by atoms with E-state index >= 15 is 0 Å². The van der Waals surface area contributed by atoms with E-state index in [0.29, 0.717) is 17.6 Å². The summed E-state index contributed by atoms with van der Waals surface area (Å²) in [5.74, 6) is 0.593. The van der Waals surface area contributed by atoms with E-state index in [2.05, 4.69) is 34.0 Å². The Morgan fingerprint density at radius 1 is 1.11 bits per heavy atom. The second-order valence-electron chi connectivity index (χ2n) is 7.38. The summed E-state index contributed by atoms with van der Waals surface area (Å²) < 4.78 is 5.73. The van der Waals surface area contributed by atoms with E-state index in [1.807, 2.05) is 42.5 Å². The van der Waals surface area contributed by atoms with Crippen LogP contribution < -0.4 is 5.56 Å². The van der Waals surface area contributed by atoms with Gasteiger partial charge in [-0.3, -0.25) is 9.69 Å². The van der Waals surface area contributed by atoms with Gasteiger partial charge in [-0.05, 0) is 31.5 Å². The van der Waals surface area contributed by atoms with Crippen molar-refractivity contribution in [1.29, 1.82) is 0 Å². The molecule has 4 rings (SSSR count). The van der Waals surface area contributed by atoms with E-state index in [0.717, 1.165) is 43.7 Å². The van der Waals surface area contributed by atoms with Crippen molar-refractivity contribution in [2.24, 2.45) is 0 Å². The van der Waals surface area contributed by atoms with Gasteiger partial charge in [-0.15, -0.1) is 0 Å². The van der Waals surface area contributed by atoms with Gasteiger partial charge >= 0.3 is 0 Å². The molecule has 144 valence electrons. The molecule has 1 aliphatic heterocycles. The maximum atomic E-state index is 12.2. The normalized spacial score (nSPS) is 16.6. The zero-order valence-corrected chi connectivity index (χ0v) is 16.1. The molecule has 28 heavy (non-hydrogen) atoms. The first kappa shape index (κ1) is 18.6. The number of ether oxygens (including phenoxy) is 1. The second kappa shape index (κ2) is 8.50. The van der Waals surface area contributed by atoms with Gasteiger partial charge in [-0.25, -0.2) is 4.98 Å². The molecule has 0 bridgehead atoms. The minimum Gasteiger partial charge on any atom is -0.377 e. The molecule has 1 aromatic heterocycles. The second-order valence-corrected chi connectivity index (χ2v) is 7.38. The van der Waals surface area contributed by atoms with Crippen LogP contribution in [0.15, 0.2) is 65.5 Å². The number of rotatable bonds is 6. The van der Waals surface area contributed by atoms with Gasteiger partial charge in [-0.1, -0.05) is 48.5 Å². The number of H-pyrrole nitrogens is 1. The van der Waals surface area contributed by atoms with Gasteiger partial charge < -0.3 is 9.72 Å². The summed E-state index contributed by atoms with van der Waals surface area (Å²) in [6.07, 6.45) is 2.64. The lowest BCUT2D eigenvalue weighted by atomic mass is 10.1. The highest BCUT2D eigenvalue weighted by molar-refractivity contribution is 5.63. The third-order valence-corrected chi connectivity index (χ3v) is 5.00. The van der Waals surface area contributed by atoms with Crippen LogP contribution >= 0.6 is 0 Å². The van der Waals surface area contributed by atoms with Crippen molar-refractivity contribution in [3.05, 3.63) is 76.6 Å². The molecule has 0 spiro atoms. The lowest BCUT2D eigenvalue weighted by Gasteiger charge is -2.20. The quantitative estimate of drug-likeness (QED) is 0.713. The first-order valence-corrected chi connectivity index (χ1v) is 9.73. The Kier molecular flexibility index (Phi) is 5.65. The summed E-state index contributed by atoms with van der Waals surface area (Å²) >= 11 is 0. The lowest BCUT2D eigenvalue weighted by molar-refractivity contribution is 0.0793. The van der Waals surface area contributed by atoms with E-state index in [9.17, 15) is 4.79 Å². The molecule has 3 aromatic rings. The molecule has 1 unspecified atom stereocenters. The fourth-order valence-electron chi connectivity index (χ4n) is 3.68. The molecule has 2 aromatic carbocycles. The lowest BCUT2D eigenvalue weighted by Crippen LogP contribution is -2.28. The highest BCUT2D eigenvalue weighted by Crippen LogP contribution is 2.21. The Hall–Kier alpha value is -2.76. The van der Waals surface area contributed by atoms with Crippen molar-refractivity contribution in [2.45, 2.75) is 25.5 Å². The molecule has 1 fully saturated rings. The SMILES string of the molecule is CN(Cc1cccc(-c2nc(-c3ccccc3)cc(=O)[nH]2)c1)CC1CCCO1. The predicted octanol–water partition coefficient (Wildman–Crippen LogP) is 3.71. The Labute approximate surface area is 165 Å². The number of nitrogens with one attached hydrogen (secondary N) is 1. The summed E-state index contributed by atoms with van der Waals surface area (Å²) in [5, 5.41) is 0. The molecular weight excluding hydrogens is 350 g/mol. The molecule has 0 amide bonds. The van der Waals surface area contributed by atoms with Crippen molar-refractivity contribution in [3.63, 3.8) is 0 Å². The van der Waals surface area contributed by atoms with Crippen LogP contribution in [0.25, 0.3) is 22.6 Å². The van der Waals surface area contributed by atoms with Crippen LogP contribution in [0.5, 0.6) is 0 Å². The summed E-state index contributed by atoms with van der Waals surface area (Å²) in [4.78, 5) is 22.0.